The molecule has 1 saturated carbocycles. The first-order valence-electron chi connectivity index (χ1n) is 7.88. The van der Waals surface area contributed by atoms with Crippen LogP contribution < -0.4 is 5.32 Å². The fraction of sp³-hybridized carbons (Fsp3) is 0.588. The molecule has 122 valence electrons. The highest BCUT2D eigenvalue weighted by Crippen LogP contribution is 2.25. The summed E-state index contributed by atoms with van der Waals surface area (Å²) in [6.07, 6.45) is 5.91. The second kappa shape index (κ2) is 8.44. The Bertz CT molecular complexity index is 478. The van der Waals surface area contributed by atoms with E-state index in [0.29, 0.717) is 6.54 Å². The molecule has 0 aromatic heterocycles. The van der Waals surface area contributed by atoms with E-state index in [2.05, 4.69) is 11.6 Å². The minimum atomic E-state index is -0.269. The van der Waals surface area contributed by atoms with Crippen LogP contribution in [-0.4, -0.2) is 42.0 Å². The summed E-state index contributed by atoms with van der Waals surface area (Å²) in [6, 6.07) is 7.84. The lowest BCUT2D eigenvalue weighted by Crippen LogP contribution is -2.40. The van der Waals surface area contributed by atoms with Crippen LogP contribution in [0.1, 0.15) is 31.2 Å². The van der Waals surface area contributed by atoms with Crippen molar-refractivity contribution in [2.24, 2.45) is 5.92 Å². The molecule has 0 saturated heterocycles. The monoisotopic (exact) mass is 322 g/mol. The molecule has 22 heavy (non-hydrogen) atoms. The Morgan fingerprint density at radius 3 is 2.64 bits per heavy atom. The minimum Gasteiger partial charge on any atom is -0.393 e. The normalized spacial score (nSPS) is 21.4. The molecular weight excluding hydrogens is 296 g/mol. The molecule has 0 radical (unpaired) electrons. The highest BCUT2D eigenvalue weighted by atomic mass is 32.2. The molecule has 2 N–H and O–H groups in total. The maximum Gasteiger partial charge on any atom is 0.321 e. The third-order valence-corrected chi connectivity index (χ3v) is 4.86. The lowest BCUT2D eigenvalue weighted by Gasteiger charge is -2.31. The predicted molar refractivity (Wildman–Crippen MR) is 93.3 cm³/mol. The molecule has 2 amide bonds. The molecule has 1 aromatic rings. The molecule has 1 aliphatic rings. The summed E-state index contributed by atoms with van der Waals surface area (Å²) in [5.74, 6) is 1.18. The second-order valence-corrected chi connectivity index (χ2v) is 6.92. The van der Waals surface area contributed by atoms with Gasteiger partial charge in [-0.05, 0) is 36.8 Å². The number of carbonyl (C=O) groups is 1. The predicted octanol–water partition coefficient (Wildman–Crippen LogP) is 3.56. The maximum absolute atomic E-state index is 12.2. The zero-order valence-corrected chi connectivity index (χ0v) is 14.2. The van der Waals surface area contributed by atoms with Crippen LogP contribution in [0.15, 0.2) is 24.3 Å². The molecule has 1 aromatic carbocycles. The van der Waals surface area contributed by atoms with Gasteiger partial charge < -0.3 is 15.3 Å². The van der Waals surface area contributed by atoms with Gasteiger partial charge in [0.25, 0.3) is 0 Å². The first-order chi connectivity index (χ1) is 10.6. The number of carbonyl (C=O) groups excluding carboxylic acids is 1. The summed E-state index contributed by atoms with van der Waals surface area (Å²) in [5, 5.41) is 12.9. The van der Waals surface area contributed by atoms with E-state index in [4.69, 9.17) is 0 Å². The Morgan fingerprint density at radius 2 is 2.00 bits per heavy atom. The summed E-state index contributed by atoms with van der Waals surface area (Å²) in [5.41, 5.74) is 2.06. The molecule has 2 atom stereocenters. The molecule has 5 heteroatoms. The standard InChI is InChI=1S/C17H26N2O2S/c1-19(11-14-5-3-4-6-16(14)20)17(21)18-15-9-7-13(8-10-15)12-22-2/h7-10,14,16,20H,3-6,11-12H2,1-2H3,(H,18,21). The topological polar surface area (TPSA) is 52.6 Å². The quantitative estimate of drug-likeness (QED) is 0.871. The van der Waals surface area contributed by atoms with Crippen molar-refractivity contribution < 1.29 is 9.90 Å². The number of benzene rings is 1. The van der Waals surface area contributed by atoms with E-state index in [9.17, 15) is 9.90 Å². The third kappa shape index (κ3) is 4.92. The van der Waals surface area contributed by atoms with Crippen LogP contribution >= 0.6 is 11.8 Å². The average Bonchev–Trinajstić information content (AvgIpc) is 2.51. The molecule has 0 bridgehead atoms. The van der Waals surface area contributed by atoms with E-state index in [0.717, 1.165) is 37.1 Å². The van der Waals surface area contributed by atoms with Crippen LogP contribution in [0.5, 0.6) is 0 Å². The number of rotatable bonds is 5. The van der Waals surface area contributed by atoms with Crippen LogP contribution in [0.2, 0.25) is 0 Å². The summed E-state index contributed by atoms with van der Waals surface area (Å²) in [4.78, 5) is 13.9. The number of aliphatic hydroxyl groups excluding tert-OH is 1. The zero-order chi connectivity index (χ0) is 15.9. The van der Waals surface area contributed by atoms with E-state index in [1.165, 1.54) is 5.56 Å². The average molecular weight is 322 g/mol. The van der Waals surface area contributed by atoms with E-state index in [-0.39, 0.29) is 18.1 Å². The molecule has 2 rings (SSSR count). The van der Waals surface area contributed by atoms with Crippen molar-refractivity contribution in [1.82, 2.24) is 4.90 Å². The van der Waals surface area contributed by atoms with Gasteiger partial charge in [0.2, 0.25) is 0 Å². The van der Waals surface area contributed by atoms with Crippen LogP contribution in [0, 0.1) is 5.92 Å². The van der Waals surface area contributed by atoms with Crippen LogP contribution in [-0.2, 0) is 5.75 Å². The number of nitrogens with zero attached hydrogens (tertiary/aromatic N) is 1. The fourth-order valence-electron chi connectivity index (χ4n) is 2.91. The number of thioether (sulfide) groups is 1. The van der Waals surface area contributed by atoms with Gasteiger partial charge in [-0.15, -0.1) is 0 Å². The molecule has 1 aliphatic carbocycles. The Balaban J connectivity index is 1.85. The lowest BCUT2D eigenvalue weighted by molar-refractivity contribution is 0.0575. The number of aliphatic hydroxyl groups is 1. The van der Waals surface area contributed by atoms with E-state index in [1.807, 2.05) is 24.3 Å². The van der Waals surface area contributed by atoms with Crippen molar-refractivity contribution >= 4 is 23.5 Å². The number of amides is 2. The van der Waals surface area contributed by atoms with Crippen LogP contribution in [0.4, 0.5) is 10.5 Å². The van der Waals surface area contributed by atoms with Crippen LogP contribution in [0.25, 0.3) is 0 Å². The Morgan fingerprint density at radius 1 is 1.32 bits per heavy atom. The first-order valence-corrected chi connectivity index (χ1v) is 9.27. The van der Waals surface area contributed by atoms with Crippen molar-refractivity contribution in [3.05, 3.63) is 29.8 Å². The Kier molecular flexibility index (Phi) is 6.58. The van der Waals surface area contributed by atoms with Gasteiger partial charge in [0.15, 0.2) is 0 Å². The number of anilines is 1. The minimum absolute atomic E-state index is 0.115. The SMILES string of the molecule is CSCc1ccc(NC(=O)N(C)CC2CCCCC2O)cc1. The molecule has 0 heterocycles. The van der Waals surface area contributed by atoms with Gasteiger partial charge in [-0.1, -0.05) is 25.0 Å². The van der Waals surface area contributed by atoms with Gasteiger partial charge in [-0.2, -0.15) is 11.8 Å². The van der Waals surface area contributed by atoms with Gasteiger partial charge in [0, 0.05) is 31.0 Å². The molecule has 4 nitrogen and oxygen atoms in total. The molecule has 1 fully saturated rings. The van der Waals surface area contributed by atoms with Crippen LogP contribution in [0.3, 0.4) is 0 Å². The van der Waals surface area contributed by atoms with Crippen molar-refractivity contribution in [1.29, 1.82) is 0 Å². The summed E-state index contributed by atoms with van der Waals surface area (Å²) in [7, 11) is 1.79. The van der Waals surface area contributed by atoms with Crippen molar-refractivity contribution in [2.45, 2.75) is 37.5 Å². The fourth-order valence-corrected chi connectivity index (χ4v) is 3.43. The van der Waals surface area contributed by atoms with Gasteiger partial charge >= 0.3 is 6.03 Å². The lowest BCUT2D eigenvalue weighted by atomic mass is 9.86. The van der Waals surface area contributed by atoms with E-state index in [1.54, 1.807) is 23.7 Å². The summed E-state index contributed by atoms with van der Waals surface area (Å²) >= 11 is 1.78. The van der Waals surface area contributed by atoms with Gasteiger partial charge in [-0.3, -0.25) is 0 Å². The molecular formula is C17H26N2O2S. The number of nitrogens with one attached hydrogen (secondary N) is 1. The molecule has 2 unspecified atom stereocenters. The van der Waals surface area contributed by atoms with Crippen molar-refractivity contribution in [3.8, 4) is 0 Å². The zero-order valence-electron chi connectivity index (χ0n) is 13.4. The van der Waals surface area contributed by atoms with Crippen molar-refractivity contribution in [2.75, 3.05) is 25.2 Å². The Labute approximate surface area is 137 Å². The molecule has 0 aliphatic heterocycles. The number of hydrogen-bond donors (Lipinski definition) is 2. The maximum atomic E-state index is 12.2. The summed E-state index contributed by atoms with van der Waals surface area (Å²) < 4.78 is 0. The van der Waals surface area contributed by atoms with Gasteiger partial charge in [-0.25, -0.2) is 4.79 Å². The third-order valence-electron chi connectivity index (χ3n) is 4.24. The van der Waals surface area contributed by atoms with E-state index < -0.39 is 0 Å². The highest BCUT2D eigenvalue weighted by Gasteiger charge is 2.25. The first kappa shape index (κ1) is 17.2. The van der Waals surface area contributed by atoms with E-state index >= 15 is 0 Å². The van der Waals surface area contributed by atoms with Gasteiger partial charge in [0.1, 0.15) is 0 Å². The Hall–Kier alpha value is -1.20. The highest BCUT2D eigenvalue weighted by molar-refractivity contribution is 7.97. The smallest absolute Gasteiger partial charge is 0.321 e. The largest absolute Gasteiger partial charge is 0.393 e. The molecule has 0 spiro atoms. The number of urea groups is 1. The second-order valence-electron chi connectivity index (χ2n) is 6.05. The van der Waals surface area contributed by atoms with Crippen molar-refractivity contribution in [3.63, 3.8) is 0 Å². The summed E-state index contributed by atoms with van der Waals surface area (Å²) in [6.45, 7) is 0.609. The van der Waals surface area contributed by atoms with Gasteiger partial charge in [0.05, 0.1) is 6.10 Å². The number of hydrogen-bond acceptors (Lipinski definition) is 3.